The van der Waals surface area contributed by atoms with Crippen molar-refractivity contribution in [2.45, 2.75) is 6.92 Å². The van der Waals surface area contributed by atoms with E-state index in [9.17, 15) is 9.59 Å². The SMILES string of the molecule is CC(=O)c1nn(-c2ccccc2)c2ccccc2c1=O. The van der Waals surface area contributed by atoms with Gasteiger partial charge in [0.1, 0.15) is 0 Å². The molecule has 4 nitrogen and oxygen atoms in total. The van der Waals surface area contributed by atoms with E-state index in [4.69, 9.17) is 0 Å². The molecule has 3 aromatic rings. The van der Waals surface area contributed by atoms with E-state index >= 15 is 0 Å². The summed E-state index contributed by atoms with van der Waals surface area (Å²) in [6.45, 7) is 1.36. The smallest absolute Gasteiger partial charge is 0.219 e. The summed E-state index contributed by atoms with van der Waals surface area (Å²) in [7, 11) is 0. The van der Waals surface area contributed by atoms with Crippen LogP contribution in [0.25, 0.3) is 16.6 Å². The number of rotatable bonds is 2. The Labute approximate surface area is 115 Å². The molecular weight excluding hydrogens is 252 g/mol. The Balaban J connectivity index is 2.46. The fourth-order valence-corrected chi connectivity index (χ4v) is 2.17. The Morgan fingerprint density at radius 2 is 1.65 bits per heavy atom. The minimum Gasteiger partial charge on any atom is -0.293 e. The van der Waals surface area contributed by atoms with Gasteiger partial charge in [0.2, 0.25) is 5.43 Å². The molecule has 0 spiro atoms. The molecule has 0 unspecified atom stereocenters. The molecule has 0 saturated carbocycles. The van der Waals surface area contributed by atoms with Gasteiger partial charge in [-0.25, -0.2) is 4.68 Å². The van der Waals surface area contributed by atoms with Crippen molar-refractivity contribution in [1.29, 1.82) is 0 Å². The zero-order valence-corrected chi connectivity index (χ0v) is 10.9. The van der Waals surface area contributed by atoms with Crippen LogP contribution in [0.15, 0.2) is 59.4 Å². The number of carbonyl (C=O) groups is 1. The van der Waals surface area contributed by atoms with Gasteiger partial charge in [-0.2, -0.15) is 5.10 Å². The van der Waals surface area contributed by atoms with Crippen LogP contribution in [-0.4, -0.2) is 15.6 Å². The van der Waals surface area contributed by atoms with Crippen LogP contribution in [0.3, 0.4) is 0 Å². The zero-order chi connectivity index (χ0) is 14.1. The summed E-state index contributed by atoms with van der Waals surface area (Å²) in [6, 6.07) is 16.6. The first-order chi connectivity index (χ1) is 9.68. The van der Waals surface area contributed by atoms with E-state index in [0.717, 1.165) is 5.69 Å². The summed E-state index contributed by atoms with van der Waals surface area (Å²) in [5.41, 5.74) is 1.15. The van der Waals surface area contributed by atoms with Crippen LogP contribution >= 0.6 is 0 Å². The normalized spacial score (nSPS) is 10.7. The summed E-state index contributed by atoms with van der Waals surface area (Å²) in [6.07, 6.45) is 0. The highest BCUT2D eigenvalue weighted by atomic mass is 16.1. The Kier molecular flexibility index (Phi) is 2.91. The largest absolute Gasteiger partial charge is 0.293 e. The van der Waals surface area contributed by atoms with E-state index in [1.807, 2.05) is 42.5 Å². The van der Waals surface area contributed by atoms with Gasteiger partial charge in [0.15, 0.2) is 11.5 Å². The lowest BCUT2D eigenvalue weighted by Crippen LogP contribution is -2.21. The van der Waals surface area contributed by atoms with Gasteiger partial charge >= 0.3 is 0 Å². The maximum absolute atomic E-state index is 12.3. The highest BCUT2D eigenvalue weighted by Crippen LogP contribution is 2.15. The molecule has 0 aliphatic heterocycles. The molecule has 0 bridgehead atoms. The van der Waals surface area contributed by atoms with Gasteiger partial charge in [0.25, 0.3) is 0 Å². The zero-order valence-electron chi connectivity index (χ0n) is 10.9. The minimum absolute atomic E-state index is 0.0347. The van der Waals surface area contributed by atoms with Crippen LogP contribution in [-0.2, 0) is 0 Å². The van der Waals surface area contributed by atoms with E-state index in [-0.39, 0.29) is 16.9 Å². The predicted octanol–water partition coefficient (Wildman–Crippen LogP) is 2.59. The Hall–Kier alpha value is -2.75. The topological polar surface area (TPSA) is 52.0 Å². The lowest BCUT2D eigenvalue weighted by Gasteiger charge is -2.10. The van der Waals surface area contributed by atoms with Crippen LogP contribution < -0.4 is 5.43 Å². The van der Waals surface area contributed by atoms with E-state index in [0.29, 0.717) is 10.9 Å². The Bertz CT molecular complexity index is 851. The van der Waals surface area contributed by atoms with Gasteiger partial charge < -0.3 is 0 Å². The van der Waals surface area contributed by atoms with Gasteiger partial charge in [-0.05, 0) is 24.3 Å². The number of ketones is 1. The number of para-hydroxylation sites is 2. The maximum atomic E-state index is 12.3. The van der Waals surface area contributed by atoms with Crippen LogP contribution in [0.5, 0.6) is 0 Å². The molecule has 0 amide bonds. The summed E-state index contributed by atoms with van der Waals surface area (Å²) in [4.78, 5) is 23.9. The number of hydrogen-bond donors (Lipinski definition) is 0. The number of Topliss-reactive ketones (excluding diaryl/α,β-unsaturated/α-hetero) is 1. The van der Waals surface area contributed by atoms with Crippen molar-refractivity contribution in [2.24, 2.45) is 0 Å². The number of carbonyl (C=O) groups excluding carboxylic acids is 1. The van der Waals surface area contributed by atoms with Crippen LogP contribution in [0.4, 0.5) is 0 Å². The van der Waals surface area contributed by atoms with E-state index in [1.165, 1.54) is 6.92 Å². The summed E-state index contributed by atoms with van der Waals surface area (Å²) in [5, 5.41) is 4.72. The molecule has 1 heterocycles. The Morgan fingerprint density at radius 3 is 2.35 bits per heavy atom. The molecule has 98 valence electrons. The van der Waals surface area contributed by atoms with Crippen molar-refractivity contribution < 1.29 is 4.79 Å². The minimum atomic E-state index is -0.328. The van der Waals surface area contributed by atoms with Crippen LogP contribution in [0.1, 0.15) is 17.4 Å². The van der Waals surface area contributed by atoms with Crippen molar-refractivity contribution >= 4 is 16.7 Å². The molecule has 0 saturated heterocycles. The third-order valence-corrected chi connectivity index (χ3v) is 3.13. The molecule has 1 aromatic heterocycles. The predicted molar refractivity (Wildman–Crippen MR) is 77.3 cm³/mol. The second-order valence-corrected chi connectivity index (χ2v) is 4.50. The fourth-order valence-electron chi connectivity index (χ4n) is 2.17. The maximum Gasteiger partial charge on any atom is 0.219 e. The number of fused-ring (bicyclic) bond motifs is 1. The first-order valence-electron chi connectivity index (χ1n) is 6.27. The average Bonchev–Trinajstić information content (AvgIpc) is 2.48. The highest BCUT2D eigenvalue weighted by Gasteiger charge is 2.14. The molecule has 0 N–H and O–H groups in total. The molecule has 2 aromatic carbocycles. The molecule has 0 atom stereocenters. The van der Waals surface area contributed by atoms with Crippen molar-refractivity contribution in [3.63, 3.8) is 0 Å². The molecule has 0 aliphatic rings. The van der Waals surface area contributed by atoms with Crippen molar-refractivity contribution in [3.8, 4) is 5.69 Å². The second-order valence-electron chi connectivity index (χ2n) is 4.50. The number of hydrogen-bond acceptors (Lipinski definition) is 3. The Morgan fingerprint density at radius 1 is 1.00 bits per heavy atom. The van der Waals surface area contributed by atoms with E-state index in [1.54, 1.807) is 16.8 Å². The van der Waals surface area contributed by atoms with Crippen LogP contribution in [0, 0.1) is 0 Å². The van der Waals surface area contributed by atoms with Gasteiger partial charge in [-0.1, -0.05) is 30.3 Å². The van der Waals surface area contributed by atoms with Crippen molar-refractivity contribution in [1.82, 2.24) is 9.78 Å². The lowest BCUT2D eigenvalue weighted by molar-refractivity contribution is 0.101. The van der Waals surface area contributed by atoms with Gasteiger partial charge in [0, 0.05) is 6.92 Å². The third-order valence-electron chi connectivity index (χ3n) is 3.13. The molecule has 20 heavy (non-hydrogen) atoms. The standard InChI is InChI=1S/C16H12N2O2/c1-11(19)15-16(20)13-9-5-6-10-14(13)18(17-15)12-7-3-2-4-8-12/h2-10H,1H3. The first-order valence-corrected chi connectivity index (χ1v) is 6.27. The molecule has 3 rings (SSSR count). The number of benzene rings is 2. The van der Waals surface area contributed by atoms with Crippen molar-refractivity contribution in [3.05, 3.63) is 70.5 Å². The van der Waals surface area contributed by atoms with Gasteiger partial charge in [-0.15, -0.1) is 0 Å². The summed E-state index contributed by atoms with van der Waals surface area (Å²) in [5.74, 6) is -0.328. The number of aromatic nitrogens is 2. The summed E-state index contributed by atoms with van der Waals surface area (Å²) < 4.78 is 1.63. The molecule has 4 heteroatoms. The van der Waals surface area contributed by atoms with Crippen LogP contribution in [0.2, 0.25) is 0 Å². The van der Waals surface area contributed by atoms with E-state index < -0.39 is 0 Å². The van der Waals surface area contributed by atoms with E-state index in [2.05, 4.69) is 5.10 Å². The molecule has 0 radical (unpaired) electrons. The van der Waals surface area contributed by atoms with Gasteiger partial charge in [0.05, 0.1) is 16.6 Å². The average molecular weight is 264 g/mol. The molecule has 0 fully saturated rings. The lowest BCUT2D eigenvalue weighted by atomic mass is 10.1. The number of nitrogens with zero attached hydrogens (tertiary/aromatic N) is 2. The third kappa shape index (κ3) is 1.91. The monoisotopic (exact) mass is 264 g/mol. The quantitative estimate of drug-likeness (QED) is 0.668. The summed E-state index contributed by atoms with van der Waals surface area (Å²) >= 11 is 0. The van der Waals surface area contributed by atoms with Crippen molar-refractivity contribution in [2.75, 3.05) is 0 Å². The second kappa shape index (κ2) is 4.74. The van der Waals surface area contributed by atoms with Gasteiger partial charge in [-0.3, -0.25) is 9.59 Å². The molecule has 0 aliphatic carbocycles. The molecular formula is C16H12N2O2. The highest BCUT2D eigenvalue weighted by molar-refractivity contribution is 5.95. The fraction of sp³-hybridized carbons (Fsp3) is 0.0625. The first kappa shape index (κ1) is 12.3.